The Kier molecular flexibility index (Phi) is 6.88. The number of anilines is 1. The van der Waals surface area contributed by atoms with Gasteiger partial charge in [-0.2, -0.15) is 0 Å². The molecule has 19 heavy (non-hydrogen) atoms. The molecule has 0 spiro atoms. The summed E-state index contributed by atoms with van der Waals surface area (Å²) < 4.78 is 0. The van der Waals surface area contributed by atoms with Crippen LogP contribution in [0, 0.1) is 0 Å². The Labute approximate surface area is 130 Å². The van der Waals surface area contributed by atoms with Crippen LogP contribution in [-0.4, -0.2) is 17.5 Å². The summed E-state index contributed by atoms with van der Waals surface area (Å²) >= 11 is 0. The van der Waals surface area contributed by atoms with Crippen molar-refractivity contribution in [1.82, 2.24) is 4.98 Å². The zero-order valence-electron chi connectivity index (χ0n) is 10.5. The lowest BCUT2D eigenvalue weighted by atomic mass is 10.3. The smallest absolute Gasteiger partial charge is 0.193 e. The number of nitrogens with two attached hydrogens (primary N) is 1. The summed E-state index contributed by atoms with van der Waals surface area (Å²) in [4.78, 5) is 8.49. The van der Waals surface area contributed by atoms with Gasteiger partial charge in [-0.15, -0.1) is 24.0 Å². The third kappa shape index (κ3) is 5.69. The fraction of sp³-hybridized carbons (Fsp3) is 0.143. The number of nitrogens with zero attached hydrogens (tertiary/aromatic N) is 2. The molecule has 1 aromatic heterocycles. The van der Waals surface area contributed by atoms with Gasteiger partial charge in [0.1, 0.15) is 0 Å². The Hall–Kier alpha value is -1.63. The summed E-state index contributed by atoms with van der Waals surface area (Å²) in [5, 5.41) is 3.04. The number of nitrogens with one attached hydrogen (secondary N) is 1. The first-order chi connectivity index (χ1) is 8.84. The highest BCUT2D eigenvalue weighted by Crippen LogP contribution is 2.03. The fourth-order valence-electron chi connectivity index (χ4n) is 1.55. The van der Waals surface area contributed by atoms with E-state index in [-0.39, 0.29) is 24.0 Å². The summed E-state index contributed by atoms with van der Waals surface area (Å²) in [5.41, 5.74) is 7.75. The molecule has 4 nitrogen and oxygen atoms in total. The lowest BCUT2D eigenvalue weighted by Gasteiger charge is -2.04. The Balaban J connectivity index is 0.00000180. The van der Waals surface area contributed by atoms with E-state index in [0.717, 1.165) is 17.8 Å². The van der Waals surface area contributed by atoms with Crippen LogP contribution in [0.25, 0.3) is 0 Å². The quantitative estimate of drug-likeness (QED) is 0.496. The number of hydrogen-bond acceptors (Lipinski definition) is 2. The molecule has 0 aliphatic heterocycles. The van der Waals surface area contributed by atoms with Gasteiger partial charge in [0, 0.05) is 30.5 Å². The van der Waals surface area contributed by atoms with Gasteiger partial charge in [0.15, 0.2) is 5.96 Å². The molecule has 0 fully saturated rings. The van der Waals surface area contributed by atoms with E-state index in [1.54, 1.807) is 6.20 Å². The number of benzene rings is 1. The molecule has 0 unspecified atom stereocenters. The first-order valence-corrected chi connectivity index (χ1v) is 5.86. The van der Waals surface area contributed by atoms with Crippen molar-refractivity contribution in [3.63, 3.8) is 0 Å². The number of halogens is 1. The number of pyridine rings is 1. The first-order valence-electron chi connectivity index (χ1n) is 5.86. The minimum Gasteiger partial charge on any atom is -0.370 e. The van der Waals surface area contributed by atoms with E-state index in [4.69, 9.17) is 5.73 Å². The molecule has 2 aromatic rings. The van der Waals surface area contributed by atoms with Gasteiger partial charge in [0.25, 0.3) is 0 Å². The van der Waals surface area contributed by atoms with Gasteiger partial charge in [-0.3, -0.25) is 9.98 Å². The van der Waals surface area contributed by atoms with E-state index in [0.29, 0.717) is 12.5 Å². The van der Waals surface area contributed by atoms with Crippen molar-refractivity contribution in [3.8, 4) is 0 Å². The Morgan fingerprint density at radius 3 is 2.53 bits per heavy atom. The molecule has 0 saturated carbocycles. The van der Waals surface area contributed by atoms with Crippen molar-refractivity contribution in [2.75, 3.05) is 11.9 Å². The number of aliphatic imine (C=N–C) groups is 1. The molecular weight excluding hydrogens is 351 g/mol. The largest absolute Gasteiger partial charge is 0.370 e. The van der Waals surface area contributed by atoms with Crippen LogP contribution in [0.15, 0.2) is 59.7 Å². The highest BCUT2D eigenvalue weighted by molar-refractivity contribution is 14.0. The van der Waals surface area contributed by atoms with Crippen LogP contribution < -0.4 is 11.1 Å². The highest BCUT2D eigenvalue weighted by Gasteiger charge is 1.94. The second-order valence-corrected chi connectivity index (χ2v) is 3.83. The van der Waals surface area contributed by atoms with Gasteiger partial charge < -0.3 is 11.1 Å². The number of para-hydroxylation sites is 1. The Bertz CT molecular complexity index is 499. The van der Waals surface area contributed by atoms with Gasteiger partial charge in [-0.25, -0.2) is 0 Å². The van der Waals surface area contributed by atoms with Crippen LogP contribution in [0.1, 0.15) is 5.69 Å². The van der Waals surface area contributed by atoms with E-state index < -0.39 is 0 Å². The lowest BCUT2D eigenvalue weighted by molar-refractivity contribution is 0.921. The van der Waals surface area contributed by atoms with Crippen molar-refractivity contribution in [3.05, 3.63) is 60.4 Å². The average Bonchev–Trinajstić information content (AvgIpc) is 2.41. The molecule has 0 amide bonds. The molecule has 100 valence electrons. The third-order valence-corrected chi connectivity index (χ3v) is 2.42. The van der Waals surface area contributed by atoms with E-state index in [9.17, 15) is 0 Å². The SMILES string of the molecule is I.NC(=NCCc1ccccn1)Nc1ccccc1. The van der Waals surface area contributed by atoms with Crippen molar-refractivity contribution in [2.45, 2.75) is 6.42 Å². The van der Waals surface area contributed by atoms with Gasteiger partial charge in [-0.05, 0) is 24.3 Å². The number of hydrogen-bond donors (Lipinski definition) is 2. The number of rotatable bonds is 4. The number of guanidine groups is 1. The van der Waals surface area contributed by atoms with Crippen LogP contribution in [0.2, 0.25) is 0 Å². The molecule has 3 N–H and O–H groups in total. The van der Waals surface area contributed by atoms with Crippen LogP contribution in [0.3, 0.4) is 0 Å². The number of aromatic nitrogens is 1. The molecule has 0 atom stereocenters. The predicted molar refractivity (Wildman–Crippen MR) is 89.9 cm³/mol. The monoisotopic (exact) mass is 368 g/mol. The second-order valence-electron chi connectivity index (χ2n) is 3.83. The topological polar surface area (TPSA) is 63.3 Å². The van der Waals surface area contributed by atoms with Crippen molar-refractivity contribution < 1.29 is 0 Å². The zero-order valence-corrected chi connectivity index (χ0v) is 12.8. The molecule has 5 heteroatoms. The molecule has 0 bridgehead atoms. The summed E-state index contributed by atoms with van der Waals surface area (Å²) in [5.74, 6) is 0.428. The molecule has 0 aliphatic carbocycles. The zero-order chi connectivity index (χ0) is 12.6. The third-order valence-electron chi connectivity index (χ3n) is 2.42. The highest BCUT2D eigenvalue weighted by atomic mass is 127. The van der Waals surface area contributed by atoms with E-state index in [1.807, 2.05) is 48.5 Å². The van der Waals surface area contributed by atoms with Gasteiger partial charge >= 0.3 is 0 Å². The molecule has 1 aromatic carbocycles. The summed E-state index contributed by atoms with van der Waals surface area (Å²) in [7, 11) is 0. The maximum atomic E-state index is 5.79. The fourth-order valence-corrected chi connectivity index (χ4v) is 1.55. The summed E-state index contributed by atoms with van der Waals surface area (Å²) in [6.45, 7) is 0.628. The normalized spacial score (nSPS) is 10.6. The molecule has 1 heterocycles. The van der Waals surface area contributed by atoms with Crippen LogP contribution in [-0.2, 0) is 6.42 Å². The minimum absolute atomic E-state index is 0. The van der Waals surface area contributed by atoms with Crippen LogP contribution in [0.4, 0.5) is 5.69 Å². The van der Waals surface area contributed by atoms with Crippen molar-refractivity contribution in [2.24, 2.45) is 10.7 Å². The van der Waals surface area contributed by atoms with Gasteiger partial charge in [0.05, 0.1) is 0 Å². The predicted octanol–water partition coefficient (Wildman–Crippen LogP) is 2.67. The summed E-state index contributed by atoms with van der Waals surface area (Å²) in [6, 6.07) is 15.6. The Morgan fingerprint density at radius 2 is 1.84 bits per heavy atom. The maximum absolute atomic E-state index is 5.79. The molecule has 2 rings (SSSR count). The van der Waals surface area contributed by atoms with E-state index in [2.05, 4.69) is 15.3 Å². The average molecular weight is 368 g/mol. The standard InChI is InChI=1S/C14H16N4.HI/c15-14(18-13-7-2-1-3-8-13)17-11-9-12-6-4-5-10-16-12;/h1-8,10H,9,11H2,(H3,15,17,18);1H. The second kappa shape index (κ2) is 8.47. The lowest BCUT2D eigenvalue weighted by Crippen LogP contribution is -2.23. The molecule has 0 aliphatic rings. The van der Waals surface area contributed by atoms with Gasteiger partial charge in [0.2, 0.25) is 0 Å². The molecule has 0 saturated heterocycles. The minimum atomic E-state index is 0. The van der Waals surface area contributed by atoms with Gasteiger partial charge in [-0.1, -0.05) is 24.3 Å². The van der Waals surface area contributed by atoms with Crippen molar-refractivity contribution >= 4 is 35.6 Å². The first kappa shape index (κ1) is 15.4. The van der Waals surface area contributed by atoms with Crippen LogP contribution in [0.5, 0.6) is 0 Å². The maximum Gasteiger partial charge on any atom is 0.193 e. The van der Waals surface area contributed by atoms with Crippen LogP contribution >= 0.6 is 24.0 Å². The van der Waals surface area contributed by atoms with E-state index in [1.165, 1.54) is 0 Å². The molecule has 0 radical (unpaired) electrons. The Morgan fingerprint density at radius 1 is 1.11 bits per heavy atom. The molecular formula is C14H17IN4. The van der Waals surface area contributed by atoms with E-state index >= 15 is 0 Å². The van der Waals surface area contributed by atoms with Crippen molar-refractivity contribution in [1.29, 1.82) is 0 Å². The summed E-state index contributed by atoms with van der Waals surface area (Å²) in [6.07, 6.45) is 2.57.